The van der Waals surface area contributed by atoms with Gasteiger partial charge in [0.05, 0.1) is 5.69 Å². The van der Waals surface area contributed by atoms with E-state index in [2.05, 4.69) is 15.9 Å². The predicted octanol–water partition coefficient (Wildman–Crippen LogP) is 3.59. The Morgan fingerprint density at radius 2 is 1.67 bits per heavy atom. The molecule has 0 unspecified atom stereocenters. The molecule has 1 fully saturated rings. The van der Waals surface area contributed by atoms with Crippen LogP contribution in [-0.4, -0.2) is 45.4 Å². The molecule has 27 heavy (non-hydrogen) atoms. The van der Waals surface area contributed by atoms with E-state index in [-0.39, 0.29) is 16.5 Å². The number of likely N-dealkylation sites (N-methyl/N-ethyl adjacent to an activating group) is 2. The second kappa shape index (κ2) is 7.01. The summed E-state index contributed by atoms with van der Waals surface area (Å²) in [5, 5.41) is 0.157. The van der Waals surface area contributed by atoms with E-state index in [1.54, 1.807) is 16.7 Å². The average Bonchev–Trinajstić information content (AvgIpc) is 2.89. The first-order valence-electron chi connectivity index (χ1n) is 8.09. The fourth-order valence-corrected chi connectivity index (χ4v) is 3.60. The van der Waals surface area contributed by atoms with Gasteiger partial charge in [0.25, 0.3) is 11.8 Å². The number of amides is 2. The molecule has 8 heteroatoms. The van der Waals surface area contributed by atoms with Crippen LogP contribution in [0.5, 0.6) is 0 Å². The molecule has 1 saturated heterocycles. The second-order valence-electron chi connectivity index (χ2n) is 6.33. The molecule has 0 N–H and O–H groups in total. The van der Waals surface area contributed by atoms with Gasteiger partial charge >= 0.3 is 0 Å². The van der Waals surface area contributed by atoms with Gasteiger partial charge in [-0.25, -0.2) is 4.39 Å². The molecule has 0 radical (unpaired) electrons. The van der Waals surface area contributed by atoms with Gasteiger partial charge in [0, 0.05) is 30.0 Å². The third-order valence-electron chi connectivity index (χ3n) is 4.56. The van der Waals surface area contributed by atoms with Gasteiger partial charge in [0.15, 0.2) is 5.11 Å². The molecule has 0 atom stereocenters. The maximum atomic E-state index is 14.4. The van der Waals surface area contributed by atoms with E-state index in [1.807, 2.05) is 19.9 Å². The summed E-state index contributed by atoms with van der Waals surface area (Å²) >= 11 is 8.35. The lowest BCUT2D eigenvalue weighted by Crippen LogP contribution is -2.52. The summed E-state index contributed by atoms with van der Waals surface area (Å²) in [4.78, 5) is 27.5. The van der Waals surface area contributed by atoms with Crippen LogP contribution in [0, 0.1) is 19.7 Å². The molecular weight excluding hydrogens is 433 g/mol. The lowest BCUT2D eigenvalue weighted by molar-refractivity contribution is -0.132. The van der Waals surface area contributed by atoms with Crippen molar-refractivity contribution >= 4 is 51.2 Å². The highest BCUT2D eigenvalue weighted by Gasteiger charge is 2.35. The number of thiocarbonyl (C=S) groups is 1. The first-order chi connectivity index (χ1) is 12.6. The standard InChI is InChI=1S/C19H17BrFN3O2S/c1-10-7-12(8-14-17(25)22(3)19(27)23(4)18(14)26)11(2)24(10)16-6-5-13(20)9-15(16)21/h5-9H,1-4H3. The SMILES string of the molecule is Cc1cc(C=C2C(=O)N(C)C(=S)N(C)C2=O)c(C)n1-c1ccc(Br)cc1F. The Morgan fingerprint density at radius 1 is 1.07 bits per heavy atom. The summed E-state index contributed by atoms with van der Waals surface area (Å²) in [6, 6.07) is 6.64. The van der Waals surface area contributed by atoms with Crippen LogP contribution in [0.3, 0.4) is 0 Å². The van der Waals surface area contributed by atoms with Gasteiger partial charge in [-0.1, -0.05) is 15.9 Å². The van der Waals surface area contributed by atoms with Crippen LogP contribution in [-0.2, 0) is 9.59 Å². The number of benzene rings is 1. The third-order valence-corrected chi connectivity index (χ3v) is 5.61. The largest absolute Gasteiger partial charge is 0.315 e. The maximum absolute atomic E-state index is 14.4. The van der Waals surface area contributed by atoms with Crippen LogP contribution in [0.25, 0.3) is 11.8 Å². The zero-order chi connectivity index (χ0) is 20.0. The summed E-state index contributed by atoms with van der Waals surface area (Å²) < 4.78 is 16.8. The number of carbonyl (C=O) groups excluding carboxylic acids is 2. The quantitative estimate of drug-likeness (QED) is 0.399. The number of hydrogen-bond acceptors (Lipinski definition) is 3. The topological polar surface area (TPSA) is 45.6 Å². The van der Waals surface area contributed by atoms with E-state index >= 15 is 0 Å². The average molecular weight is 450 g/mol. The first-order valence-corrected chi connectivity index (χ1v) is 9.29. The summed E-state index contributed by atoms with van der Waals surface area (Å²) in [7, 11) is 3.06. The molecule has 0 aliphatic carbocycles. The third kappa shape index (κ3) is 3.23. The molecule has 2 heterocycles. The van der Waals surface area contributed by atoms with Crippen LogP contribution in [0.4, 0.5) is 4.39 Å². The number of aryl methyl sites for hydroxylation is 1. The highest BCUT2D eigenvalue weighted by Crippen LogP contribution is 2.27. The zero-order valence-electron chi connectivity index (χ0n) is 15.2. The minimum absolute atomic E-state index is 0.0186. The van der Waals surface area contributed by atoms with E-state index in [4.69, 9.17) is 12.2 Å². The molecule has 2 amide bonds. The smallest absolute Gasteiger partial charge is 0.265 e. The maximum Gasteiger partial charge on any atom is 0.265 e. The van der Waals surface area contributed by atoms with Crippen molar-refractivity contribution in [1.82, 2.24) is 14.4 Å². The summed E-state index contributed by atoms with van der Waals surface area (Å²) in [6.45, 7) is 3.66. The summed E-state index contributed by atoms with van der Waals surface area (Å²) in [6.07, 6.45) is 1.54. The van der Waals surface area contributed by atoms with Gasteiger partial charge in [0.2, 0.25) is 0 Å². The molecule has 1 aromatic heterocycles. The fraction of sp³-hybridized carbons (Fsp3) is 0.211. The molecule has 2 aromatic rings. The molecule has 1 aromatic carbocycles. The number of aromatic nitrogens is 1. The van der Waals surface area contributed by atoms with Crippen molar-refractivity contribution in [3.8, 4) is 5.69 Å². The van der Waals surface area contributed by atoms with E-state index in [9.17, 15) is 14.0 Å². The van der Waals surface area contributed by atoms with Crippen molar-refractivity contribution < 1.29 is 14.0 Å². The van der Waals surface area contributed by atoms with Gasteiger partial charge in [-0.15, -0.1) is 0 Å². The van der Waals surface area contributed by atoms with Crippen LogP contribution in [0.1, 0.15) is 17.0 Å². The summed E-state index contributed by atoms with van der Waals surface area (Å²) in [5.41, 5.74) is 2.59. The Hall–Kier alpha value is -2.32. The van der Waals surface area contributed by atoms with Crippen molar-refractivity contribution in [2.45, 2.75) is 13.8 Å². The Bertz CT molecular complexity index is 1000. The van der Waals surface area contributed by atoms with Crippen molar-refractivity contribution in [2.75, 3.05) is 14.1 Å². The Kier molecular flexibility index (Phi) is 5.05. The molecule has 0 spiro atoms. The molecule has 1 aliphatic rings. The molecular formula is C19H17BrFN3O2S. The minimum Gasteiger partial charge on any atom is -0.315 e. The zero-order valence-corrected chi connectivity index (χ0v) is 17.6. The van der Waals surface area contributed by atoms with Gasteiger partial charge in [-0.3, -0.25) is 19.4 Å². The van der Waals surface area contributed by atoms with Crippen molar-refractivity contribution in [3.63, 3.8) is 0 Å². The van der Waals surface area contributed by atoms with Crippen molar-refractivity contribution in [1.29, 1.82) is 0 Å². The summed E-state index contributed by atoms with van der Waals surface area (Å²) in [5.74, 6) is -1.29. The fourth-order valence-electron chi connectivity index (χ4n) is 3.10. The first kappa shape index (κ1) is 19.4. The number of carbonyl (C=O) groups is 2. The second-order valence-corrected chi connectivity index (χ2v) is 7.61. The van der Waals surface area contributed by atoms with E-state index < -0.39 is 11.8 Å². The van der Waals surface area contributed by atoms with E-state index in [0.717, 1.165) is 11.4 Å². The van der Waals surface area contributed by atoms with E-state index in [1.165, 1.54) is 36.0 Å². The van der Waals surface area contributed by atoms with Crippen LogP contribution < -0.4 is 0 Å². The number of halogens is 2. The highest BCUT2D eigenvalue weighted by molar-refractivity contribution is 9.10. The van der Waals surface area contributed by atoms with Gasteiger partial charge in [-0.05, 0) is 62.0 Å². The van der Waals surface area contributed by atoms with Gasteiger partial charge < -0.3 is 4.57 Å². The molecule has 3 rings (SSSR count). The number of rotatable bonds is 2. The number of hydrogen-bond donors (Lipinski definition) is 0. The normalized spacial score (nSPS) is 15.0. The lowest BCUT2D eigenvalue weighted by atomic mass is 10.1. The molecule has 0 bridgehead atoms. The van der Waals surface area contributed by atoms with Gasteiger partial charge in [-0.2, -0.15) is 0 Å². The van der Waals surface area contributed by atoms with Gasteiger partial charge in [0.1, 0.15) is 11.4 Å². The van der Waals surface area contributed by atoms with Crippen molar-refractivity contribution in [3.05, 3.63) is 57.1 Å². The Morgan fingerprint density at radius 3 is 2.22 bits per heavy atom. The van der Waals surface area contributed by atoms with Crippen LogP contribution in [0.2, 0.25) is 0 Å². The van der Waals surface area contributed by atoms with Crippen LogP contribution >= 0.6 is 28.1 Å². The molecule has 0 saturated carbocycles. The molecule has 1 aliphatic heterocycles. The highest BCUT2D eigenvalue weighted by atomic mass is 79.9. The predicted molar refractivity (Wildman–Crippen MR) is 109 cm³/mol. The van der Waals surface area contributed by atoms with E-state index in [0.29, 0.717) is 15.7 Å². The lowest BCUT2D eigenvalue weighted by Gasteiger charge is -2.31. The molecule has 140 valence electrons. The Balaban J connectivity index is 2.12. The minimum atomic E-state index is -0.456. The number of nitrogens with zero attached hydrogens (tertiary/aromatic N) is 3. The molecule has 5 nitrogen and oxygen atoms in total. The Labute approximate surface area is 170 Å². The monoisotopic (exact) mass is 449 g/mol. The van der Waals surface area contributed by atoms with Crippen LogP contribution in [0.15, 0.2) is 34.3 Å². The van der Waals surface area contributed by atoms with Crippen molar-refractivity contribution in [2.24, 2.45) is 0 Å².